The van der Waals surface area contributed by atoms with E-state index >= 15 is 0 Å². The molecule has 0 fully saturated rings. The highest BCUT2D eigenvalue weighted by molar-refractivity contribution is 5.78. The van der Waals surface area contributed by atoms with Crippen LogP contribution in [0.25, 0.3) is 0 Å². The summed E-state index contributed by atoms with van der Waals surface area (Å²) in [6, 6.07) is 5.90. The molecule has 1 N–H and O–H groups in total. The number of carbonyl (C=O) groups is 1. The Morgan fingerprint density at radius 3 is 3.17 bits per heavy atom. The van der Waals surface area contributed by atoms with Crippen molar-refractivity contribution in [3.63, 3.8) is 0 Å². The molecular weight excluding hydrogens is 150 g/mol. The van der Waals surface area contributed by atoms with E-state index in [0.29, 0.717) is 0 Å². The van der Waals surface area contributed by atoms with Gasteiger partial charge in [0.15, 0.2) is 0 Å². The molecule has 1 aromatic rings. The monoisotopic (exact) mass is 161 g/mol. The number of hydrogen-bond acceptors (Lipinski definition) is 2. The Bertz CT molecular complexity index is 307. The lowest BCUT2D eigenvalue weighted by molar-refractivity contribution is 0.112. The highest BCUT2D eigenvalue weighted by Gasteiger charge is 2.10. The predicted octanol–water partition coefficient (Wildman–Crippen LogP) is 1.14. The van der Waals surface area contributed by atoms with Crippen molar-refractivity contribution < 1.29 is 4.79 Å². The Balaban J connectivity index is 2.51. The lowest BCUT2D eigenvalue weighted by Crippen LogP contribution is -2.24. The summed E-state index contributed by atoms with van der Waals surface area (Å²) in [7, 11) is 0. The van der Waals surface area contributed by atoms with Crippen LogP contribution in [0, 0.1) is 0 Å². The Hall–Kier alpha value is -1.15. The molecule has 12 heavy (non-hydrogen) atoms. The van der Waals surface area contributed by atoms with E-state index in [9.17, 15) is 4.79 Å². The van der Waals surface area contributed by atoms with Crippen molar-refractivity contribution in [2.24, 2.45) is 0 Å². The van der Waals surface area contributed by atoms with Gasteiger partial charge < -0.3 is 5.32 Å². The molecule has 1 heterocycles. The third-order valence-corrected chi connectivity index (χ3v) is 2.30. The highest BCUT2D eigenvalue weighted by atomic mass is 16.1. The van der Waals surface area contributed by atoms with Crippen LogP contribution in [0.4, 0.5) is 0 Å². The van der Waals surface area contributed by atoms with Crippen molar-refractivity contribution in [2.75, 3.05) is 6.54 Å². The third kappa shape index (κ3) is 1.14. The molecule has 0 spiro atoms. The fourth-order valence-electron chi connectivity index (χ4n) is 1.67. The van der Waals surface area contributed by atoms with Gasteiger partial charge in [0, 0.05) is 12.1 Å². The number of rotatable bonds is 1. The van der Waals surface area contributed by atoms with E-state index in [-0.39, 0.29) is 0 Å². The molecular formula is C10H11NO. The van der Waals surface area contributed by atoms with E-state index in [1.807, 2.05) is 12.1 Å². The number of benzene rings is 1. The number of nitrogens with one attached hydrogen (secondary N) is 1. The summed E-state index contributed by atoms with van der Waals surface area (Å²) >= 11 is 0. The summed E-state index contributed by atoms with van der Waals surface area (Å²) in [5, 5.41) is 3.28. The quantitative estimate of drug-likeness (QED) is 0.626. The lowest BCUT2D eigenvalue weighted by atomic mass is 9.96. The minimum absolute atomic E-state index is 0.856. The van der Waals surface area contributed by atoms with Crippen molar-refractivity contribution >= 4 is 6.29 Å². The molecule has 0 aromatic heterocycles. The summed E-state index contributed by atoms with van der Waals surface area (Å²) in [5.41, 5.74) is 3.35. The smallest absolute Gasteiger partial charge is 0.150 e. The van der Waals surface area contributed by atoms with Crippen LogP contribution in [0.5, 0.6) is 0 Å². The Morgan fingerprint density at radius 2 is 2.33 bits per heavy atom. The molecule has 0 aliphatic carbocycles. The maximum Gasteiger partial charge on any atom is 0.150 e. The summed E-state index contributed by atoms with van der Waals surface area (Å²) in [6.45, 7) is 1.88. The summed E-state index contributed by atoms with van der Waals surface area (Å²) in [5.74, 6) is 0. The van der Waals surface area contributed by atoms with Crippen molar-refractivity contribution in [1.82, 2.24) is 5.32 Å². The first kappa shape index (κ1) is 7.50. The van der Waals surface area contributed by atoms with Gasteiger partial charge in [-0.2, -0.15) is 0 Å². The number of hydrogen-bond donors (Lipinski definition) is 1. The van der Waals surface area contributed by atoms with Crippen LogP contribution in [0.1, 0.15) is 21.5 Å². The molecule has 1 aliphatic rings. The van der Waals surface area contributed by atoms with E-state index < -0.39 is 0 Å². The maximum absolute atomic E-state index is 10.7. The fraction of sp³-hybridized carbons (Fsp3) is 0.300. The van der Waals surface area contributed by atoms with Crippen molar-refractivity contribution in [3.8, 4) is 0 Å². The van der Waals surface area contributed by atoms with Crippen LogP contribution in [0.2, 0.25) is 0 Å². The molecule has 0 unspecified atom stereocenters. The van der Waals surface area contributed by atoms with Gasteiger partial charge in [-0.1, -0.05) is 18.2 Å². The van der Waals surface area contributed by atoms with Gasteiger partial charge in [-0.3, -0.25) is 4.79 Å². The Morgan fingerprint density at radius 1 is 1.42 bits per heavy atom. The van der Waals surface area contributed by atoms with Gasteiger partial charge in [0.05, 0.1) is 0 Å². The van der Waals surface area contributed by atoms with E-state index in [4.69, 9.17) is 0 Å². The second-order valence-electron chi connectivity index (χ2n) is 3.03. The normalized spacial score (nSPS) is 15.3. The van der Waals surface area contributed by atoms with E-state index in [1.54, 1.807) is 0 Å². The average Bonchev–Trinajstić information content (AvgIpc) is 2.17. The van der Waals surface area contributed by atoms with Crippen molar-refractivity contribution in [3.05, 3.63) is 34.9 Å². The summed E-state index contributed by atoms with van der Waals surface area (Å²) < 4.78 is 0. The zero-order valence-electron chi connectivity index (χ0n) is 6.84. The van der Waals surface area contributed by atoms with Gasteiger partial charge in [-0.15, -0.1) is 0 Å². The van der Waals surface area contributed by atoms with Crippen molar-refractivity contribution in [1.29, 1.82) is 0 Å². The molecule has 0 bridgehead atoms. The summed E-state index contributed by atoms with van der Waals surface area (Å²) in [6.07, 6.45) is 1.92. The number of aldehydes is 1. The van der Waals surface area contributed by atoms with Gasteiger partial charge in [-0.05, 0) is 24.1 Å². The van der Waals surface area contributed by atoms with Gasteiger partial charge >= 0.3 is 0 Å². The predicted molar refractivity (Wildman–Crippen MR) is 47.2 cm³/mol. The minimum atomic E-state index is 0.856. The van der Waals surface area contributed by atoms with Crippen LogP contribution in [0.15, 0.2) is 18.2 Å². The van der Waals surface area contributed by atoms with Gasteiger partial charge in [0.1, 0.15) is 6.29 Å². The number of fused-ring (bicyclic) bond motifs is 1. The SMILES string of the molecule is O=Cc1cccc2c1CCNC2. The molecule has 1 aliphatic heterocycles. The second kappa shape index (κ2) is 3.07. The summed E-state index contributed by atoms with van der Waals surface area (Å²) in [4.78, 5) is 10.7. The highest BCUT2D eigenvalue weighted by Crippen LogP contribution is 2.16. The number of carbonyl (C=O) groups excluding carboxylic acids is 1. The third-order valence-electron chi connectivity index (χ3n) is 2.30. The molecule has 0 radical (unpaired) electrons. The van der Waals surface area contributed by atoms with Gasteiger partial charge in [-0.25, -0.2) is 0 Å². The topological polar surface area (TPSA) is 29.1 Å². The zero-order valence-corrected chi connectivity index (χ0v) is 6.84. The molecule has 2 rings (SSSR count). The second-order valence-corrected chi connectivity index (χ2v) is 3.03. The van der Waals surface area contributed by atoms with E-state index in [1.165, 1.54) is 11.1 Å². The van der Waals surface area contributed by atoms with Crippen LogP contribution >= 0.6 is 0 Å². The fourth-order valence-corrected chi connectivity index (χ4v) is 1.67. The first-order chi connectivity index (χ1) is 5.92. The largest absolute Gasteiger partial charge is 0.312 e. The molecule has 0 saturated carbocycles. The molecule has 0 amide bonds. The van der Waals surface area contributed by atoms with Crippen LogP contribution < -0.4 is 5.32 Å². The van der Waals surface area contributed by atoms with E-state index in [0.717, 1.165) is 31.4 Å². The van der Waals surface area contributed by atoms with Gasteiger partial charge in [0.2, 0.25) is 0 Å². The van der Waals surface area contributed by atoms with E-state index in [2.05, 4.69) is 11.4 Å². The molecule has 0 atom stereocenters. The lowest BCUT2D eigenvalue weighted by Gasteiger charge is -2.17. The molecule has 1 aromatic carbocycles. The average molecular weight is 161 g/mol. The molecule has 2 nitrogen and oxygen atoms in total. The first-order valence-corrected chi connectivity index (χ1v) is 4.18. The molecule has 2 heteroatoms. The minimum Gasteiger partial charge on any atom is -0.312 e. The van der Waals surface area contributed by atoms with Crippen LogP contribution in [0.3, 0.4) is 0 Å². The maximum atomic E-state index is 10.7. The van der Waals surface area contributed by atoms with Crippen molar-refractivity contribution in [2.45, 2.75) is 13.0 Å². The first-order valence-electron chi connectivity index (χ1n) is 4.18. The molecule has 0 saturated heterocycles. The standard InChI is InChI=1S/C10H11NO/c12-7-9-3-1-2-8-6-11-5-4-10(8)9/h1-3,7,11H,4-6H2. The van der Waals surface area contributed by atoms with Crippen LogP contribution in [-0.2, 0) is 13.0 Å². The van der Waals surface area contributed by atoms with Crippen LogP contribution in [-0.4, -0.2) is 12.8 Å². The molecule has 62 valence electrons. The van der Waals surface area contributed by atoms with Gasteiger partial charge in [0.25, 0.3) is 0 Å². The Kier molecular flexibility index (Phi) is 1.92. The zero-order chi connectivity index (χ0) is 8.39. The Labute approximate surface area is 71.6 Å².